The summed E-state index contributed by atoms with van der Waals surface area (Å²) in [5.74, 6) is 0.490. The molecule has 1 aliphatic carbocycles. The first-order chi connectivity index (χ1) is 16.7. The first-order valence-corrected chi connectivity index (χ1v) is 12.9. The fourth-order valence-electron chi connectivity index (χ4n) is 5.38. The van der Waals surface area contributed by atoms with Crippen molar-refractivity contribution in [3.05, 3.63) is 87.3 Å². The second-order valence-electron chi connectivity index (χ2n) is 9.42. The minimum absolute atomic E-state index is 0.0187. The molecule has 172 valence electrons. The molecule has 0 atom stereocenters. The van der Waals surface area contributed by atoms with Crippen LogP contribution in [0.5, 0.6) is 0 Å². The van der Waals surface area contributed by atoms with Crippen LogP contribution in [-0.2, 0) is 24.3 Å². The van der Waals surface area contributed by atoms with E-state index in [2.05, 4.69) is 41.4 Å². The molecule has 0 N–H and O–H groups in total. The Morgan fingerprint density at radius 2 is 1.74 bits per heavy atom. The second kappa shape index (κ2) is 8.84. The van der Waals surface area contributed by atoms with Gasteiger partial charge in [0.05, 0.1) is 24.8 Å². The van der Waals surface area contributed by atoms with Crippen LogP contribution in [0, 0.1) is 5.92 Å². The average molecular weight is 470 g/mol. The SMILES string of the molecule is O=C(C1CCCC1)N1CCc2c(sc3ncn(Cc4ccc(-c5ccccc5)cc4)c(=O)c23)C1. The Kier molecular flexibility index (Phi) is 5.53. The number of rotatable bonds is 4. The highest BCUT2D eigenvalue weighted by molar-refractivity contribution is 7.18. The van der Waals surface area contributed by atoms with E-state index >= 15 is 0 Å². The van der Waals surface area contributed by atoms with E-state index in [1.165, 1.54) is 5.56 Å². The van der Waals surface area contributed by atoms with Gasteiger partial charge in [-0.2, -0.15) is 0 Å². The number of fused-ring (bicyclic) bond motifs is 3. The van der Waals surface area contributed by atoms with Crippen molar-refractivity contribution in [3.8, 4) is 11.1 Å². The molecule has 2 aromatic carbocycles. The predicted octanol–water partition coefficient (Wildman–Crippen LogP) is 5.25. The average Bonchev–Trinajstić information content (AvgIpc) is 3.54. The maximum absolute atomic E-state index is 13.4. The third-order valence-corrected chi connectivity index (χ3v) is 8.38. The van der Waals surface area contributed by atoms with Crippen molar-refractivity contribution in [2.24, 2.45) is 5.92 Å². The molecular formula is C28H27N3O2S. The van der Waals surface area contributed by atoms with Gasteiger partial charge >= 0.3 is 0 Å². The van der Waals surface area contributed by atoms with Crippen molar-refractivity contribution in [2.45, 2.75) is 45.2 Å². The summed E-state index contributed by atoms with van der Waals surface area (Å²) in [5, 5.41) is 0.747. The summed E-state index contributed by atoms with van der Waals surface area (Å²) in [5.41, 5.74) is 4.53. The van der Waals surface area contributed by atoms with Gasteiger partial charge in [0.1, 0.15) is 4.83 Å². The Labute approximate surface area is 202 Å². The number of amides is 1. The van der Waals surface area contributed by atoms with Crippen LogP contribution in [-0.4, -0.2) is 26.9 Å². The lowest BCUT2D eigenvalue weighted by atomic mass is 10.0. The highest BCUT2D eigenvalue weighted by atomic mass is 32.1. The lowest BCUT2D eigenvalue weighted by molar-refractivity contribution is -0.136. The van der Waals surface area contributed by atoms with E-state index < -0.39 is 0 Å². The molecule has 3 heterocycles. The molecule has 0 radical (unpaired) electrons. The molecule has 0 bridgehead atoms. The van der Waals surface area contributed by atoms with Crippen molar-refractivity contribution >= 4 is 27.5 Å². The number of benzene rings is 2. The lowest BCUT2D eigenvalue weighted by Crippen LogP contribution is -2.38. The van der Waals surface area contributed by atoms with Gasteiger partial charge in [0, 0.05) is 17.3 Å². The van der Waals surface area contributed by atoms with Gasteiger partial charge in [-0.15, -0.1) is 11.3 Å². The lowest BCUT2D eigenvalue weighted by Gasteiger charge is -2.29. The minimum Gasteiger partial charge on any atom is -0.337 e. The number of hydrogen-bond acceptors (Lipinski definition) is 4. The Balaban J connectivity index is 1.25. The molecule has 2 aliphatic rings. The zero-order valence-electron chi connectivity index (χ0n) is 19.1. The zero-order valence-corrected chi connectivity index (χ0v) is 19.9. The Morgan fingerprint density at radius 1 is 1.00 bits per heavy atom. The summed E-state index contributed by atoms with van der Waals surface area (Å²) in [6.45, 7) is 1.81. The molecule has 1 fully saturated rings. The maximum atomic E-state index is 13.4. The highest BCUT2D eigenvalue weighted by Crippen LogP contribution is 2.34. The standard InChI is InChI=1S/C28H27N3O2S/c32-27(22-8-4-5-9-22)30-15-14-23-24(17-30)34-26-25(23)28(33)31(18-29-26)16-19-10-12-21(13-11-19)20-6-2-1-3-7-20/h1-3,6-7,10-13,18,22H,4-5,8-9,14-17H2. The Hall–Kier alpha value is -3.25. The summed E-state index contributed by atoms with van der Waals surface area (Å²) >= 11 is 1.57. The molecule has 6 heteroatoms. The summed E-state index contributed by atoms with van der Waals surface area (Å²) in [6, 6.07) is 18.6. The molecule has 34 heavy (non-hydrogen) atoms. The number of thiophene rings is 1. The fraction of sp³-hybridized carbons (Fsp3) is 0.321. The summed E-state index contributed by atoms with van der Waals surface area (Å²) < 4.78 is 1.71. The highest BCUT2D eigenvalue weighted by Gasteiger charge is 2.31. The number of nitrogens with zero attached hydrogens (tertiary/aromatic N) is 3. The first-order valence-electron chi connectivity index (χ1n) is 12.1. The topological polar surface area (TPSA) is 55.2 Å². The molecule has 1 saturated carbocycles. The molecule has 0 saturated heterocycles. The van der Waals surface area contributed by atoms with Gasteiger partial charge in [-0.1, -0.05) is 67.4 Å². The quantitative estimate of drug-likeness (QED) is 0.410. The summed E-state index contributed by atoms with van der Waals surface area (Å²) in [7, 11) is 0. The van der Waals surface area contributed by atoms with Crippen molar-refractivity contribution < 1.29 is 4.79 Å². The van der Waals surface area contributed by atoms with E-state index in [9.17, 15) is 9.59 Å². The normalized spacial score (nSPS) is 16.2. The molecule has 2 aromatic heterocycles. The van der Waals surface area contributed by atoms with Gasteiger partial charge < -0.3 is 4.90 Å². The molecule has 1 aliphatic heterocycles. The van der Waals surface area contributed by atoms with Gasteiger partial charge in [0.25, 0.3) is 5.56 Å². The number of carbonyl (C=O) groups excluding carboxylic acids is 1. The molecule has 6 rings (SSSR count). The van der Waals surface area contributed by atoms with Gasteiger partial charge in [-0.3, -0.25) is 14.2 Å². The molecule has 0 spiro atoms. The third-order valence-electron chi connectivity index (χ3n) is 7.26. The van der Waals surface area contributed by atoms with Gasteiger partial charge in [-0.05, 0) is 41.5 Å². The van der Waals surface area contributed by atoms with Gasteiger partial charge in [-0.25, -0.2) is 4.98 Å². The molecule has 0 unspecified atom stereocenters. The predicted molar refractivity (Wildman–Crippen MR) is 136 cm³/mol. The molecular weight excluding hydrogens is 442 g/mol. The van der Waals surface area contributed by atoms with Crippen LogP contribution in [0.3, 0.4) is 0 Å². The third kappa shape index (κ3) is 3.86. The van der Waals surface area contributed by atoms with E-state index in [1.807, 2.05) is 23.1 Å². The van der Waals surface area contributed by atoms with Crippen LogP contribution in [0.2, 0.25) is 0 Å². The second-order valence-corrected chi connectivity index (χ2v) is 10.5. The number of hydrogen-bond donors (Lipinski definition) is 0. The largest absolute Gasteiger partial charge is 0.337 e. The molecule has 1 amide bonds. The van der Waals surface area contributed by atoms with Crippen molar-refractivity contribution in [1.82, 2.24) is 14.5 Å². The van der Waals surface area contributed by atoms with Gasteiger partial charge in [0.2, 0.25) is 5.91 Å². The van der Waals surface area contributed by atoms with Crippen LogP contribution < -0.4 is 5.56 Å². The van der Waals surface area contributed by atoms with Crippen molar-refractivity contribution in [2.75, 3.05) is 6.54 Å². The van der Waals surface area contributed by atoms with Crippen LogP contribution in [0.4, 0.5) is 0 Å². The van der Waals surface area contributed by atoms with E-state index in [4.69, 9.17) is 0 Å². The van der Waals surface area contributed by atoms with Crippen LogP contribution >= 0.6 is 11.3 Å². The van der Waals surface area contributed by atoms with Crippen molar-refractivity contribution in [3.63, 3.8) is 0 Å². The zero-order chi connectivity index (χ0) is 23.1. The summed E-state index contributed by atoms with van der Waals surface area (Å²) in [4.78, 5) is 34.9. The number of aromatic nitrogens is 2. The van der Waals surface area contributed by atoms with E-state index in [0.717, 1.165) is 63.9 Å². The Morgan fingerprint density at radius 3 is 2.50 bits per heavy atom. The van der Waals surface area contributed by atoms with Crippen LogP contribution in [0.15, 0.2) is 65.7 Å². The van der Waals surface area contributed by atoms with E-state index in [-0.39, 0.29) is 11.5 Å². The smallest absolute Gasteiger partial charge is 0.262 e. The fourth-order valence-corrected chi connectivity index (χ4v) is 6.57. The molecule has 4 aromatic rings. The van der Waals surface area contributed by atoms with E-state index in [1.54, 1.807) is 22.2 Å². The molecule has 5 nitrogen and oxygen atoms in total. The monoisotopic (exact) mass is 469 g/mol. The maximum Gasteiger partial charge on any atom is 0.262 e. The minimum atomic E-state index is 0.0187. The van der Waals surface area contributed by atoms with E-state index in [0.29, 0.717) is 25.5 Å². The van der Waals surface area contributed by atoms with Crippen LogP contribution in [0.25, 0.3) is 21.3 Å². The van der Waals surface area contributed by atoms with Gasteiger partial charge in [0.15, 0.2) is 0 Å². The number of carbonyl (C=O) groups is 1. The summed E-state index contributed by atoms with van der Waals surface area (Å²) in [6.07, 6.45) is 6.77. The van der Waals surface area contributed by atoms with Crippen molar-refractivity contribution in [1.29, 1.82) is 0 Å². The first kappa shape index (κ1) is 21.3. The van der Waals surface area contributed by atoms with Crippen LogP contribution in [0.1, 0.15) is 41.7 Å². The Bertz CT molecular complexity index is 1400.